The molecule has 0 atom stereocenters. The van der Waals surface area contributed by atoms with Gasteiger partial charge in [0, 0.05) is 6.04 Å². The number of carboxylic acids is 1. The van der Waals surface area contributed by atoms with E-state index < -0.39 is 11.5 Å². The lowest BCUT2D eigenvalue weighted by Crippen LogP contribution is -2.59. The maximum absolute atomic E-state index is 11.8. The second-order valence-corrected chi connectivity index (χ2v) is 6.12. The molecule has 1 amide bonds. The van der Waals surface area contributed by atoms with Gasteiger partial charge in [-0.25, -0.2) is 0 Å². The van der Waals surface area contributed by atoms with Crippen molar-refractivity contribution in [2.24, 2.45) is 5.92 Å². The van der Waals surface area contributed by atoms with Crippen LogP contribution in [0.4, 0.5) is 0 Å². The van der Waals surface area contributed by atoms with E-state index in [1.165, 1.54) is 0 Å². The lowest BCUT2D eigenvalue weighted by atomic mass is 9.77. The van der Waals surface area contributed by atoms with Crippen molar-refractivity contribution in [3.8, 4) is 0 Å². The molecule has 0 aromatic carbocycles. The number of rotatable bonds is 5. The zero-order chi connectivity index (χ0) is 13.9. The highest BCUT2D eigenvalue weighted by Crippen LogP contribution is 2.31. The summed E-state index contributed by atoms with van der Waals surface area (Å²) in [4.78, 5) is 23.0. The number of hydrogen-bond acceptors (Lipinski definition) is 3. The van der Waals surface area contributed by atoms with Crippen molar-refractivity contribution in [1.29, 1.82) is 0 Å². The third-order valence-electron chi connectivity index (χ3n) is 4.58. The number of carbonyl (C=O) groups excluding carboxylic acids is 1. The highest BCUT2D eigenvalue weighted by molar-refractivity contribution is 5.83. The molecule has 0 spiro atoms. The highest BCUT2D eigenvalue weighted by Gasteiger charge is 2.44. The van der Waals surface area contributed by atoms with Gasteiger partial charge in [0.15, 0.2) is 0 Å². The Morgan fingerprint density at radius 1 is 1.21 bits per heavy atom. The first-order valence-electron chi connectivity index (χ1n) is 7.30. The Balaban J connectivity index is 1.71. The Bertz CT molecular complexity index is 345. The number of amides is 1. The molecule has 0 aliphatic heterocycles. The number of nitrogens with one attached hydrogen (secondary N) is 2. The summed E-state index contributed by atoms with van der Waals surface area (Å²) in [6.07, 6.45) is 6.57. The summed E-state index contributed by atoms with van der Waals surface area (Å²) in [7, 11) is 0. The predicted octanol–water partition coefficient (Wildman–Crippen LogP) is 1.28. The van der Waals surface area contributed by atoms with Crippen molar-refractivity contribution in [3.05, 3.63) is 0 Å². The molecule has 0 aromatic rings. The Kier molecular flexibility index (Phi) is 4.45. The summed E-state index contributed by atoms with van der Waals surface area (Å²) >= 11 is 0. The third-order valence-corrected chi connectivity index (χ3v) is 4.58. The van der Waals surface area contributed by atoms with Gasteiger partial charge in [-0.05, 0) is 50.9 Å². The van der Waals surface area contributed by atoms with Crippen LogP contribution in [-0.2, 0) is 9.59 Å². The summed E-state index contributed by atoms with van der Waals surface area (Å²) in [6.45, 7) is 2.35. The molecule has 5 heteroatoms. The Morgan fingerprint density at radius 3 is 2.32 bits per heavy atom. The molecule has 2 fully saturated rings. The number of hydrogen-bond donors (Lipinski definition) is 3. The fourth-order valence-electron chi connectivity index (χ4n) is 2.93. The minimum Gasteiger partial charge on any atom is -0.480 e. The molecule has 2 aliphatic carbocycles. The molecular weight excluding hydrogens is 244 g/mol. The molecular formula is C14H24N2O3. The quantitative estimate of drug-likeness (QED) is 0.702. The minimum atomic E-state index is -0.849. The molecule has 0 unspecified atom stereocenters. The standard InChI is InChI=1S/C14H24N2O3/c1-10-3-5-11(6-4-10)16-12(17)9-15-14(13(18)19)7-2-8-14/h10-11,15H,2-9H2,1H3,(H,16,17)(H,18,19). The predicted molar refractivity (Wildman–Crippen MR) is 71.8 cm³/mol. The SMILES string of the molecule is CC1CCC(NC(=O)CNC2(C(=O)O)CCC2)CC1. The number of carboxylic acid groups (broad SMARTS) is 1. The summed E-state index contributed by atoms with van der Waals surface area (Å²) in [5.41, 5.74) is -0.849. The van der Waals surface area contributed by atoms with E-state index in [-0.39, 0.29) is 18.5 Å². The van der Waals surface area contributed by atoms with Gasteiger partial charge < -0.3 is 10.4 Å². The molecule has 3 N–H and O–H groups in total. The lowest BCUT2D eigenvalue weighted by Gasteiger charge is -2.38. The Hall–Kier alpha value is -1.10. The van der Waals surface area contributed by atoms with Crippen LogP contribution in [0.5, 0.6) is 0 Å². The van der Waals surface area contributed by atoms with Gasteiger partial charge in [-0.3, -0.25) is 14.9 Å². The van der Waals surface area contributed by atoms with E-state index in [0.29, 0.717) is 12.8 Å². The monoisotopic (exact) mass is 268 g/mol. The lowest BCUT2D eigenvalue weighted by molar-refractivity contribution is -0.149. The highest BCUT2D eigenvalue weighted by atomic mass is 16.4. The molecule has 2 saturated carbocycles. The molecule has 0 saturated heterocycles. The van der Waals surface area contributed by atoms with Crippen molar-refractivity contribution < 1.29 is 14.7 Å². The van der Waals surface area contributed by atoms with Gasteiger partial charge in [0.05, 0.1) is 6.54 Å². The molecule has 0 radical (unpaired) electrons. The molecule has 108 valence electrons. The minimum absolute atomic E-state index is 0.0768. The largest absolute Gasteiger partial charge is 0.480 e. The number of aliphatic carboxylic acids is 1. The zero-order valence-corrected chi connectivity index (χ0v) is 11.6. The zero-order valence-electron chi connectivity index (χ0n) is 11.6. The van der Waals surface area contributed by atoms with Crippen LogP contribution in [-0.4, -0.2) is 35.1 Å². The molecule has 0 bridgehead atoms. The summed E-state index contributed by atoms with van der Waals surface area (Å²) < 4.78 is 0. The smallest absolute Gasteiger partial charge is 0.323 e. The first-order chi connectivity index (χ1) is 9.02. The molecule has 19 heavy (non-hydrogen) atoms. The van der Waals surface area contributed by atoms with Gasteiger partial charge in [-0.1, -0.05) is 6.92 Å². The topological polar surface area (TPSA) is 78.4 Å². The number of carbonyl (C=O) groups is 2. The summed E-state index contributed by atoms with van der Waals surface area (Å²) in [5, 5.41) is 15.1. The summed E-state index contributed by atoms with van der Waals surface area (Å²) in [5.74, 6) is -0.151. The summed E-state index contributed by atoms with van der Waals surface area (Å²) in [6, 6.07) is 0.271. The van der Waals surface area contributed by atoms with E-state index in [1.807, 2.05) is 0 Å². The maximum atomic E-state index is 11.8. The van der Waals surface area contributed by atoms with Crippen molar-refractivity contribution >= 4 is 11.9 Å². The van der Waals surface area contributed by atoms with Gasteiger partial charge in [0.25, 0.3) is 0 Å². The van der Waals surface area contributed by atoms with Crippen molar-refractivity contribution in [1.82, 2.24) is 10.6 Å². The maximum Gasteiger partial charge on any atom is 0.323 e. The van der Waals surface area contributed by atoms with Crippen LogP contribution < -0.4 is 10.6 Å². The second kappa shape index (κ2) is 5.90. The molecule has 2 rings (SSSR count). The first kappa shape index (κ1) is 14.3. The molecule has 2 aliphatic rings. The van der Waals surface area contributed by atoms with Crippen molar-refractivity contribution in [2.75, 3.05) is 6.54 Å². The van der Waals surface area contributed by atoms with E-state index in [1.54, 1.807) is 0 Å². The Labute approximate surface area is 114 Å². The molecule has 0 heterocycles. The van der Waals surface area contributed by atoms with Crippen molar-refractivity contribution in [2.45, 2.75) is 63.5 Å². The van der Waals surface area contributed by atoms with E-state index in [9.17, 15) is 9.59 Å². The van der Waals surface area contributed by atoms with Crippen LogP contribution in [0, 0.1) is 5.92 Å². The van der Waals surface area contributed by atoms with Gasteiger partial charge in [0.2, 0.25) is 5.91 Å². The average Bonchev–Trinajstić information content (AvgIpc) is 2.30. The van der Waals surface area contributed by atoms with Crippen LogP contribution in [0.2, 0.25) is 0 Å². The van der Waals surface area contributed by atoms with E-state index in [2.05, 4.69) is 17.6 Å². The van der Waals surface area contributed by atoms with E-state index in [4.69, 9.17) is 5.11 Å². The molecule has 0 aromatic heterocycles. The fraction of sp³-hybridized carbons (Fsp3) is 0.857. The van der Waals surface area contributed by atoms with Crippen LogP contribution >= 0.6 is 0 Å². The van der Waals surface area contributed by atoms with E-state index in [0.717, 1.165) is 38.0 Å². The van der Waals surface area contributed by atoms with Crippen molar-refractivity contribution in [3.63, 3.8) is 0 Å². The fourth-order valence-corrected chi connectivity index (χ4v) is 2.93. The average molecular weight is 268 g/mol. The van der Waals surface area contributed by atoms with Gasteiger partial charge >= 0.3 is 5.97 Å². The van der Waals surface area contributed by atoms with Crippen LogP contribution in [0.15, 0.2) is 0 Å². The van der Waals surface area contributed by atoms with E-state index >= 15 is 0 Å². The second-order valence-electron chi connectivity index (χ2n) is 6.12. The van der Waals surface area contributed by atoms with Crippen LogP contribution in [0.3, 0.4) is 0 Å². The molecule has 5 nitrogen and oxygen atoms in total. The van der Waals surface area contributed by atoms with Gasteiger partial charge in [-0.2, -0.15) is 0 Å². The van der Waals surface area contributed by atoms with Crippen LogP contribution in [0.1, 0.15) is 51.9 Å². The third kappa shape index (κ3) is 3.47. The Morgan fingerprint density at radius 2 is 1.84 bits per heavy atom. The van der Waals surface area contributed by atoms with Gasteiger partial charge in [0.1, 0.15) is 5.54 Å². The van der Waals surface area contributed by atoms with Gasteiger partial charge in [-0.15, -0.1) is 0 Å². The first-order valence-corrected chi connectivity index (χ1v) is 7.30. The van der Waals surface area contributed by atoms with Crippen LogP contribution in [0.25, 0.3) is 0 Å². The normalized spacial score (nSPS) is 29.3.